The number of rotatable bonds is 5. The van der Waals surface area contributed by atoms with Crippen LogP contribution in [0.4, 0.5) is 0 Å². The van der Waals surface area contributed by atoms with Crippen molar-refractivity contribution in [1.29, 1.82) is 0 Å². The molecule has 6 heteroatoms. The van der Waals surface area contributed by atoms with E-state index in [4.69, 9.17) is 4.42 Å². The van der Waals surface area contributed by atoms with E-state index in [-0.39, 0.29) is 24.3 Å². The van der Waals surface area contributed by atoms with Crippen LogP contribution in [0.3, 0.4) is 0 Å². The molecule has 6 nitrogen and oxygen atoms in total. The minimum atomic E-state index is -0.370. The van der Waals surface area contributed by atoms with Crippen molar-refractivity contribution < 1.29 is 18.7 Å². The Hall–Kier alpha value is -2.63. The van der Waals surface area contributed by atoms with Gasteiger partial charge in [-0.05, 0) is 19.1 Å². The summed E-state index contributed by atoms with van der Waals surface area (Å²) < 4.78 is 9.99. The highest BCUT2D eigenvalue weighted by Crippen LogP contribution is 2.15. The summed E-state index contributed by atoms with van der Waals surface area (Å²) in [5.41, 5.74) is 1.40. The molecule has 0 aliphatic carbocycles. The van der Waals surface area contributed by atoms with Gasteiger partial charge in [0, 0.05) is 18.2 Å². The van der Waals surface area contributed by atoms with Crippen LogP contribution in [0.25, 0.3) is 17.2 Å². The Kier molecular flexibility index (Phi) is 4.71. The standard InChI is InChI=1S/C15H16N2O4/c1-10(9-15(19)20-2)16-13(18)7-8-14-17-11-5-3-4-6-12(11)21-14/h3-8,10H,9H2,1-2H3,(H,16,18)/b8-7+. The Bertz CT molecular complexity index is 642. The number of carbonyl (C=O) groups is 2. The van der Waals surface area contributed by atoms with Crippen molar-refractivity contribution in [2.24, 2.45) is 0 Å². The van der Waals surface area contributed by atoms with Crippen LogP contribution in [-0.2, 0) is 14.3 Å². The maximum atomic E-state index is 11.7. The van der Waals surface area contributed by atoms with Gasteiger partial charge in [0.1, 0.15) is 5.52 Å². The van der Waals surface area contributed by atoms with Gasteiger partial charge in [0.05, 0.1) is 13.5 Å². The van der Waals surface area contributed by atoms with Gasteiger partial charge in [0.15, 0.2) is 5.58 Å². The summed E-state index contributed by atoms with van der Waals surface area (Å²) in [4.78, 5) is 27.0. The molecule has 0 aliphatic rings. The van der Waals surface area contributed by atoms with Crippen molar-refractivity contribution in [1.82, 2.24) is 10.3 Å². The van der Waals surface area contributed by atoms with E-state index in [1.54, 1.807) is 13.0 Å². The summed E-state index contributed by atoms with van der Waals surface area (Å²) in [6, 6.07) is 7.03. The molecule has 0 saturated heterocycles. The zero-order valence-electron chi connectivity index (χ0n) is 11.8. The van der Waals surface area contributed by atoms with Gasteiger partial charge in [-0.3, -0.25) is 9.59 Å². The molecular weight excluding hydrogens is 272 g/mol. The SMILES string of the molecule is COC(=O)CC(C)NC(=O)/C=C/c1nc2ccccc2o1. The van der Waals surface area contributed by atoms with Crippen molar-refractivity contribution in [2.45, 2.75) is 19.4 Å². The van der Waals surface area contributed by atoms with E-state index in [0.717, 1.165) is 5.52 Å². The number of esters is 1. The molecule has 1 N–H and O–H groups in total. The second kappa shape index (κ2) is 6.69. The molecule has 1 heterocycles. The number of fused-ring (bicyclic) bond motifs is 1. The molecule has 0 saturated carbocycles. The number of hydrogen-bond donors (Lipinski definition) is 1. The lowest BCUT2D eigenvalue weighted by atomic mass is 10.2. The van der Waals surface area contributed by atoms with Gasteiger partial charge in [-0.25, -0.2) is 4.98 Å². The van der Waals surface area contributed by atoms with Crippen LogP contribution in [0.2, 0.25) is 0 Å². The van der Waals surface area contributed by atoms with Crippen LogP contribution in [0.5, 0.6) is 0 Å². The average Bonchev–Trinajstić information content (AvgIpc) is 2.87. The van der Waals surface area contributed by atoms with E-state index < -0.39 is 0 Å². The van der Waals surface area contributed by atoms with Gasteiger partial charge in [-0.1, -0.05) is 12.1 Å². The van der Waals surface area contributed by atoms with E-state index in [2.05, 4.69) is 15.0 Å². The number of benzene rings is 1. The molecule has 110 valence electrons. The van der Waals surface area contributed by atoms with Gasteiger partial charge in [0.2, 0.25) is 11.8 Å². The van der Waals surface area contributed by atoms with Crippen molar-refractivity contribution in [3.05, 3.63) is 36.2 Å². The lowest BCUT2D eigenvalue weighted by Crippen LogP contribution is -2.33. The molecule has 0 fully saturated rings. The number of carbonyl (C=O) groups excluding carboxylic acids is 2. The highest BCUT2D eigenvalue weighted by molar-refractivity contribution is 5.92. The predicted octanol–water partition coefficient (Wildman–Crippen LogP) is 1.91. The molecule has 0 radical (unpaired) electrons. The van der Waals surface area contributed by atoms with E-state index in [9.17, 15) is 9.59 Å². The first-order valence-corrected chi connectivity index (χ1v) is 6.49. The zero-order valence-corrected chi connectivity index (χ0v) is 11.8. The van der Waals surface area contributed by atoms with Gasteiger partial charge >= 0.3 is 5.97 Å². The molecular formula is C15H16N2O4. The lowest BCUT2D eigenvalue weighted by Gasteiger charge is -2.10. The van der Waals surface area contributed by atoms with Crippen molar-refractivity contribution in [2.75, 3.05) is 7.11 Å². The molecule has 1 amide bonds. The minimum Gasteiger partial charge on any atom is -0.469 e. The molecule has 1 aromatic carbocycles. The van der Waals surface area contributed by atoms with E-state index >= 15 is 0 Å². The summed E-state index contributed by atoms with van der Waals surface area (Å²) in [7, 11) is 1.31. The Labute approximate surface area is 121 Å². The van der Waals surface area contributed by atoms with Crippen molar-refractivity contribution in [3.63, 3.8) is 0 Å². The van der Waals surface area contributed by atoms with E-state index in [0.29, 0.717) is 11.5 Å². The lowest BCUT2D eigenvalue weighted by molar-refractivity contribution is -0.141. The normalized spacial score (nSPS) is 12.5. The van der Waals surface area contributed by atoms with Crippen LogP contribution in [0, 0.1) is 0 Å². The number of hydrogen-bond acceptors (Lipinski definition) is 5. The molecule has 1 unspecified atom stereocenters. The molecule has 1 aromatic heterocycles. The predicted molar refractivity (Wildman–Crippen MR) is 77.3 cm³/mol. The van der Waals surface area contributed by atoms with Crippen LogP contribution >= 0.6 is 0 Å². The molecule has 0 aliphatic heterocycles. The summed E-state index contributed by atoms with van der Waals surface area (Å²) in [5.74, 6) is -0.341. The topological polar surface area (TPSA) is 81.4 Å². The summed E-state index contributed by atoms with van der Waals surface area (Å²) >= 11 is 0. The molecule has 0 bridgehead atoms. The summed E-state index contributed by atoms with van der Waals surface area (Å²) in [6.45, 7) is 1.72. The Morgan fingerprint density at radius 1 is 1.43 bits per heavy atom. The van der Waals surface area contributed by atoms with Crippen LogP contribution in [0.15, 0.2) is 34.8 Å². The number of ether oxygens (including phenoxy) is 1. The molecule has 2 aromatic rings. The number of nitrogens with one attached hydrogen (secondary N) is 1. The van der Waals surface area contributed by atoms with Gasteiger partial charge in [-0.2, -0.15) is 0 Å². The Morgan fingerprint density at radius 3 is 2.90 bits per heavy atom. The third kappa shape index (κ3) is 4.17. The number of para-hydroxylation sites is 2. The average molecular weight is 288 g/mol. The van der Waals surface area contributed by atoms with E-state index in [1.165, 1.54) is 19.3 Å². The smallest absolute Gasteiger partial charge is 0.307 e. The fraction of sp³-hybridized carbons (Fsp3) is 0.267. The number of methoxy groups -OCH3 is 1. The Balaban J connectivity index is 1.94. The first kappa shape index (κ1) is 14.8. The largest absolute Gasteiger partial charge is 0.469 e. The van der Waals surface area contributed by atoms with Crippen LogP contribution in [-0.4, -0.2) is 30.0 Å². The van der Waals surface area contributed by atoms with Gasteiger partial charge < -0.3 is 14.5 Å². The molecule has 0 spiro atoms. The van der Waals surface area contributed by atoms with Crippen molar-refractivity contribution >= 4 is 29.1 Å². The van der Waals surface area contributed by atoms with Crippen LogP contribution in [0.1, 0.15) is 19.2 Å². The maximum absolute atomic E-state index is 11.7. The molecule has 21 heavy (non-hydrogen) atoms. The highest BCUT2D eigenvalue weighted by Gasteiger charge is 2.10. The second-order valence-corrected chi connectivity index (χ2v) is 4.54. The van der Waals surface area contributed by atoms with E-state index in [1.807, 2.05) is 18.2 Å². The second-order valence-electron chi connectivity index (χ2n) is 4.54. The monoisotopic (exact) mass is 288 g/mol. The zero-order chi connectivity index (χ0) is 15.2. The third-order valence-corrected chi connectivity index (χ3v) is 2.78. The first-order chi connectivity index (χ1) is 10.1. The number of aromatic nitrogens is 1. The van der Waals surface area contributed by atoms with Gasteiger partial charge in [0.25, 0.3) is 0 Å². The van der Waals surface area contributed by atoms with Gasteiger partial charge in [-0.15, -0.1) is 0 Å². The fourth-order valence-corrected chi connectivity index (χ4v) is 1.78. The fourth-order valence-electron chi connectivity index (χ4n) is 1.78. The molecule has 1 atom stereocenters. The van der Waals surface area contributed by atoms with Crippen molar-refractivity contribution in [3.8, 4) is 0 Å². The quantitative estimate of drug-likeness (QED) is 0.671. The molecule has 2 rings (SSSR count). The number of nitrogens with zero attached hydrogens (tertiary/aromatic N) is 1. The van der Waals surface area contributed by atoms with Crippen LogP contribution < -0.4 is 5.32 Å². The number of amides is 1. The third-order valence-electron chi connectivity index (χ3n) is 2.78. The summed E-state index contributed by atoms with van der Waals surface area (Å²) in [5, 5.41) is 2.65. The number of oxazole rings is 1. The summed E-state index contributed by atoms with van der Waals surface area (Å²) in [6.07, 6.45) is 2.93. The highest BCUT2D eigenvalue weighted by atomic mass is 16.5. The minimum absolute atomic E-state index is 0.124. The maximum Gasteiger partial charge on any atom is 0.307 e. The first-order valence-electron chi connectivity index (χ1n) is 6.49. The Morgan fingerprint density at radius 2 is 2.19 bits per heavy atom.